The Bertz CT molecular complexity index is 558. The van der Waals surface area contributed by atoms with Crippen LogP contribution in [0.15, 0.2) is 18.2 Å². The van der Waals surface area contributed by atoms with Crippen molar-refractivity contribution in [1.82, 2.24) is 4.90 Å². The van der Waals surface area contributed by atoms with Crippen molar-refractivity contribution in [3.8, 4) is 0 Å². The minimum Gasteiger partial charge on any atom is -0.481 e. The van der Waals surface area contributed by atoms with Crippen LogP contribution in [-0.4, -0.2) is 34.5 Å². The standard InChI is InChI=1S/C15H17F2NO3/c1-9(15(20)21)8-18(12-4-5-12)14(19)6-10-2-3-11(16)7-13(10)17/h2-3,7,9,12H,4-6,8H2,1H3,(H,20,21). The molecule has 0 radical (unpaired) electrons. The van der Waals surface area contributed by atoms with Gasteiger partial charge >= 0.3 is 5.97 Å². The molecule has 0 heterocycles. The highest BCUT2D eigenvalue weighted by molar-refractivity contribution is 5.80. The van der Waals surface area contributed by atoms with E-state index in [0.29, 0.717) is 0 Å². The molecule has 1 aliphatic carbocycles. The number of nitrogens with zero attached hydrogens (tertiary/aromatic N) is 1. The number of carbonyl (C=O) groups is 2. The maximum Gasteiger partial charge on any atom is 0.308 e. The van der Waals surface area contributed by atoms with Crippen LogP contribution in [-0.2, 0) is 16.0 Å². The van der Waals surface area contributed by atoms with Crippen molar-refractivity contribution in [2.75, 3.05) is 6.54 Å². The highest BCUT2D eigenvalue weighted by Gasteiger charge is 2.34. The summed E-state index contributed by atoms with van der Waals surface area (Å²) in [6.07, 6.45) is 1.49. The number of hydrogen-bond acceptors (Lipinski definition) is 2. The van der Waals surface area contributed by atoms with E-state index in [-0.39, 0.29) is 30.5 Å². The van der Waals surface area contributed by atoms with Gasteiger partial charge in [0.05, 0.1) is 12.3 Å². The number of aliphatic carboxylic acids is 1. The molecule has 0 aliphatic heterocycles. The fourth-order valence-electron chi connectivity index (χ4n) is 2.14. The Labute approximate surface area is 121 Å². The van der Waals surface area contributed by atoms with Gasteiger partial charge in [-0.05, 0) is 24.5 Å². The van der Waals surface area contributed by atoms with E-state index in [1.807, 2.05) is 0 Å². The first-order valence-electron chi connectivity index (χ1n) is 6.84. The molecule has 1 saturated carbocycles. The van der Waals surface area contributed by atoms with Crippen LogP contribution in [0.2, 0.25) is 0 Å². The Morgan fingerprint density at radius 3 is 2.57 bits per heavy atom. The number of carboxylic acid groups (broad SMARTS) is 1. The largest absolute Gasteiger partial charge is 0.481 e. The number of halogens is 2. The van der Waals surface area contributed by atoms with Crippen molar-refractivity contribution in [1.29, 1.82) is 0 Å². The van der Waals surface area contributed by atoms with Crippen LogP contribution in [0.1, 0.15) is 25.3 Å². The second-order valence-electron chi connectivity index (χ2n) is 5.43. The van der Waals surface area contributed by atoms with Crippen LogP contribution in [0.4, 0.5) is 8.78 Å². The molecule has 1 atom stereocenters. The molecular weight excluding hydrogens is 280 g/mol. The lowest BCUT2D eigenvalue weighted by molar-refractivity contribution is -0.143. The maximum absolute atomic E-state index is 13.6. The predicted octanol–water partition coefficient (Wildman–Crippen LogP) is 2.22. The summed E-state index contributed by atoms with van der Waals surface area (Å²) in [4.78, 5) is 24.7. The molecule has 21 heavy (non-hydrogen) atoms. The highest BCUT2D eigenvalue weighted by Crippen LogP contribution is 2.28. The van der Waals surface area contributed by atoms with E-state index in [2.05, 4.69) is 0 Å². The zero-order chi connectivity index (χ0) is 15.6. The monoisotopic (exact) mass is 297 g/mol. The first kappa shape index (κ1) is 15.4. The molecule has 114 valence electrons. The van der Waals surface area contributed by atoms with Crippen molar-refractivity contribution in [3.05, 3.63) is 35.4 Å². The summed E-state index contributed by atoms with van der Waals surface area (Å²) in [5.74, 6) is -3.42. The van der Waals surface area contributed by atoms with Gasteiger partial charge in [0.1, 0.15) is 11.6 Å². The SMILES string of the molecule is CC(CN(C(=O)Cc1ccc(F)cc1F)C1CC1)C(=O)O. The quantitative estimate of drug-likeness (QED) is 0.876. The van der Waals surface area contributed by atoms with Gasteiger partial charge in [0.2, 0.25) is 5.91 Å². The van der Waals surface area contributed by atoms with Crippen LogP contribution in [0.25, 0.3) is 0 Å². The molecule has 0 bridgehead atoms. The Balaban J connectivity index is 2.06. The summed E-state index contributed by atoms with van der Waals surface area (Å²) < 4.78 is 26.4. The van der Waals surface area contributed by atoms with Gasteiger partial charge in [-0.1, -0.05) is 13.0 Å². The highest BCUT2D eigenvalue weighted by atomic mass is 19.1. The molecule has 1 unspecified atom stereocenters. The molecule has 6 heteroatoms. The average molecular weight is 297 g/mol. The lowest BCUT2D eigenvalue weighted by Crippen LogP contribution is -2.39. The van der Waals surface area contributed by atoms with Crippen molar-refractivity contribution in [2.45, 2.75) is 32.2 Å². The molecule has 1 aliphatic rings. The van der Waals surface area contributed by atoms with Gasteiger partial charge < -0.3 is 10.0 Å². The first-order chi connectivity index (χ1) is 9.88. The van der Waals surface area contributed by atoms with Gasteiger partial charge in [0.15, 0.2) is 0 Å². The second-order valence-corrected chi connectivity index (χ2v) is 5.43. The number of rotatable bonds is 6. The van der Waals surface area contributed by atoms with E-state index >= 15 is 0 Å². The molecule has 0 aromatic heterocycles. The zero-order valence-corrected chi connectivity index (χ0v) is 11.7. The Morgan fingerprint density at radius 1 is 1.38 bits per heavy atom. The van der Waals surface area contributed by atoms with Crippen LogP contribution >= 0.6 is 0 Å². The summed E-state index contributed by atoms with van der Waals surface area (Å²) >= 11 is 0. The molecule has 0 spiro atoms. The summed E-state index contributed by atoms with van der Waals surface area (Å²) in [5.41, 5.74) is 0.120. The molecule has 0 saturated heterocycles. The van der Waals surface area contributed by atoms with E-state index in [0.717, 1.165) is 25.0 Å². The van der Waals surface area contributed by atoms with E-state index < -0.39 is 23.5 Å². The Hall–Kier alpha value is -1.98. The smallest absolute Gasteiger partial charge is 0.308 e. The van der Waals surface area contributed by atoms with Gasteiger partial charge in [0, 0.05) is 18.7 Å². The van der Waals surface area contributed by atoms with Gasteiger partial charge in [-0.2, -0.15) is 0 Å². The molecule has 2 rings (SSSR count). The van der Waals surface area contributed by atoms with Crippen LogP contribution in [0, 0.1) is 17.6 Å². The van der Waals surface area contributed by atoms with Gasteiger partial charge in [-0.25, -0.2) is 8.78 Å². The minimum absolute atomic E-state index is 0.0443. The summed E-state index contributed by atoms with van der Waals surface area (Å²) in [7, 11) is 0. The predicted molar refractivity (Wildman–Crippen MR) is 71.6 cm³/mol. The number of carbonyl (C=O) groups excluding carboxylic acids is 1. The molecule has 1 aromatic rings. The van der Waals surface area contributed by atoms with E-state index in [1.54, 1.807) is 0 Å². The summed E-state index contributed by atoms with van der Waals surface area (Å²) in [6.45, 7) is 1.64. The van der Waals surface area contributed by atoms with Crippen molar-refractivity contribution in [2.24, 2.45) is 5.92 Å². The zero-order valence-electron chi connectivity index (χ0n) is 11.7. The number of carboxylic acids is 1. The van der Waals surface area contributed by atoms with E-state index in [9.17, 15) is 18.4 Å². The average Bonchev–Trinajstić information content (AvgIpc) is 3.23. The molecule has 1 amide bonds. The van der Waals surface area contributed by atoms with Crippen molar-refractivity contribution in [3.63, 3.8) is 0 Å². The normalized spacial score (nSPS) is 15.6. The Kier molecular flexibility index (Phi) is 4.55. The van der Waals surface area contributed by atoms with Crippen LogP contribution in [0.5, 0.6) is 0 Å². The molecule has 1 N–H and O–H groups in total. The van der Waals surface area contributed by atoms with Gasteiger partial charge in [-0.15, -0.1) is 0 Å². The number of hydrogen-bond donors (Lipinski definition) is 1. The van der Waals surface area contributed by atoms with E-state index in [1.165, 1.54) is 17.9 Å². The van der Waals surface area contributed by atoms with Gasteiger partial charge in [-0.3, -0.25) is 9.59 Å². The second kappa shape index (κ2) is 6.20. The third-order valence-electron chi connectivity index (χ3n) is 3.56. The van der Waals surface area contributed by atoms with Crippen LogP contribution < -0.4 is 0 Å². The Morgan fingerprint density at radius 2 is 2.05 bits per heavy atom. The van der Waals surface area contributed by atoms with Crippen molar-refractivity contribution < 1.29 is 23.5 Å². The maximum atomic E-state index is 13.6. The summed E-state index contributed by atoms with van der Waals surface area (Å²) in [6, 6.07) is 3.13. The number of benzene rings is 1. The third kappa shape index (κ3) is 4.00. The fraction of sp³-hybridized carbons (Fsp3) is 0.467. The van der Waals surface area contributed by atoms with Crippen LogP contribution in [0.3, 0.4) is 0 Å². The number of amides is 1. The third-order valence-corrected chi connectivity index (χ3v) is 3.56. The lowest BCUT2D eigenvalue weighted by atomic mass is 10.1. The topological polar surface area (TPSA) is 57.6 Å². The molecular formula is C15H17F2NO3. The van der Waals surface area contributed by atoms with E-state index in [4.69, 9.17) is 5.11 Å². The summed E-state index contributed by atoms with van der Waals surface area (Å²) in [5, 5.41) is 8.94. The van der Waals surface area contributed by atoms with Gasteiger partial charge in [0.25, 0.3) is 0 Å². The first-order valence-corrected chi connectivity index (χ1v) is 6.84. The fourth-order valence-corrected chi connectivity index (χ4v) is 2.14. The molecule has 1 aromatic carbocycles. The molecule has 1 fully saturated rings. The minimum atomic E-state index is -0.971. The molecule has 4 nitrogen and oxygen atoms in total. The lowest BCUT2D eigenvalue weighted by Gasteiger charge is -2.24. The van der Waals surface area contributed by atoms with Crippen molar-refractivity contribution >= 4 is 11.9 Å².